The van der Waals surface area contributed by atoms with Gasteiger partial charge >= 0.3 is 0 Å². The van der Waals surface area contributed by atoms with Gasteiger partial charge in [0.2, 0.25) is 6.79 Å². The van der Waals surface area contributed by atoms with E-state index in [1.54, 1.807) is 24.1 Å². The molecule has 2 fully saturated rings. The molecule has 4 aliphatic rings. The standard InChI is InChI=1S/C26H30N2O6/c1-27-23-12-19(32-2)7-9-26(23)20-13-22-21(33-15-34-22)11-17(20)14-28(31,24(26)25(27)30)10-8-16-3-5-18(29)6-4-16/h3-6,11,13,19,23-24,29H,7-10,12,14-15H2,1-2H3/t19-,23+,24-,26+,28?/m1/s1. The number of benzene rings is 2. The average Bonchev–Trinajstić information content (AvgIpc) is 3.38. The number of nitrogens with zero attached hydrogens (tertiary/aromatic N) is 2. The van der Waals surface area contributed by atoms with Crippen molar-refractivity contribution in [1.29, 1.82) is 0 Å². The van der Waals surface area contributed by atoms with Crippen molar-refractivity contribution in [2.45, 2.75) is 55.8 Å². The normalized spacial score (nSPS) is 33.4. The summed E-state index contributed by atoms with van der Waals surface area (Å²) in [5.74, 6) is 1.47. The zero-order valence-electron chi connectivity index (χ0n) is 19.5. The fourth-order valence-corrected chi connectivity index (χ4v) is 6.95. The van der Waals surface area contributed by atoms with E-state index in [1.807, 2.05) is 31.3 Å². The molecule has 0 aromatic heterocycles. The van der Waals surface area contributed by atoms with Crippen LogP contribution in [0.1, 0.15) is 36.0 Å². The number of phenols is 1. The van der Waals surface area contributed by atoms with Gasteiger partial charge in [-0.3, -0.25) is 4.79 Å². The third kappa shape index (κ3) is 2.98. The van der Waals surface area contributed by atoms with Crippen LogP contribution < -0.4 is 9.47 Å². The highest BCUT2D eigenvalue weighted by Gasteiger charge is 2.68. The van der Waals surface area contributed by atoms with Crippen molar-refractivity contribution in [2.75, 3.05) is 27.5 Å². The number of phenolic OH excluding ortho intramolecular Hbond substituents is 1. The molecule has 1 unspecified atom stereocenters. The number of carbonyl (C=O) groups is 1. The van der Waals surface area contributed by atoms with E-state index in [-0.39, 0.29) is 43.7 Å². The van der Waals surface area contributed by atoms with Crippen LogP contribution in [-0.4, -0.2) is 66.2 Å². The van der Waals surface area contributed by atoms with Crippen LogP contribution in [0.4, 0.5) is 0 Å². The summed E-state index contributed by atoms with van der Waals surface area (Å²) in [5, 5.41) is 24.4. The molecule has 8 heteroatoms. The molecule has 5 atom stereocenters. The predicted octanol–water partition coefficient (Wildman–Crippen LogP) is 2.84. The van der Waals surface area contributed by atoms with Gasteiger partial charge in [-0.05, 0) is 54.7 Å². The summed E-state index contributed by atoms with van der Waals surface area (Å²) in [4.78, 5) is 15.6. The van der Waals surface area contributed by atoms with Crippen molar-refractivity contribution in [3.63, 3.8) is 0 Å². The number of ether oxygens (including phenoxy) is 3. The molecule has 8 nitrogen and oxygen atoms in total. The molecule has 1 spiro atoms. The second-order valence-electron chi connectivity index (χ2n) is 10.2. The fraction of sp³-hybridized carbons (Fsp3) is 0.500. The number of hydrogen-bond donors (Lipinski definition) is 1. The van der Waals surface area contributed by atoms with Crippen molar-refractivity contribution >= 4 is 5.91 Å². The van der Waals surface area contributed by atoms with E-state index >= 15 is 0 Å². The average molecular weight is 467 g/mol. The maximum Gasteiger partial charge on any atom is 0.282 e. The van der Waals surface area contributed by atoms with E-state index in [1.165, 1.54) is 0 Å². The quantitative estimate of drug-likeness (QED) is 0.551. The van der Waals surface area contributed by atoms with Crippen molar-refractivity contribution in [1.82, 2.24) is 4.90 Å². The van der Waals surface area contributed by atoms with E-state index < -0.39 is 16.1 Å². The summed E-state index contributed by atoms with van der Waals surface area (Å²) in [6, 6.07) is 10.1. The maximum atomic E-state index is 14.7. The maximum absolute atomic E-state index is 14.7. The van der Waals surface area contributed by atoms with Gasteiger partial charge in [-0.15, -0.1) is 0 Å². The van der Waals surface area contributed by atoms with Gasteiger partial charge in [0.1, 0.15) is 12.3 Å². The van der Waals surface area contributed by atoms with Crippen LogP contribution >= 0.6 is 0 Å². The van der Waals surface area contributed by atoms with Crippen molar-refractivity contribution < 1.29 is 28.8 Å². The lowest BCUT2D eigenvalue weighted by molar-refractivity contribution is -0.916. The summed E-state index contributed by atoms with van der Waals surface area (Å²) in [6.07, 6.45) is 2.82. The summed E-state index contributed by atoms with van der Waals surface area (Å²) in [5.41, 5.74) is 2.39. The molecule has 1 N–H and O–H groups in total. The number of quaternary nitrogens is 1. The van der Waals surface area contributed by atoms with Crippen LogP contribution in [0.25, 0.3) is 0 Å². The molecule has 34 heavy (non-hydrogen) atoms. The molecule has 2 aromatic carbocycles. The van der Waals surface area contributed by atoms with Crippen molar-refractivity contribution in [2.24, 2.45) is 0 Å². The zero-order valence-corrected chi connectivity index (χ0v) is 19.5. The van der Waals surface area contributed by atoms with Crippen molar-refractivity contribution in [3.05, 3.63) is 58.3 Å². The minimum absolute atomic E-state index is 0.0644. The Hall–Kier alpha value is -2.81. The van der Waals surface area contributed by atoms with Gasteiger partial charge in [-0.25, -0.2) is 0 Å². The van der Waals surface area contributed by atoms with E-state index in [4.69, 9.17) is 14.2 Å². The minimum Gasteiger partial charge on any atom is -0.632 e. The first kappa shape index (κ1) is 21.7. The van der Waals surface area contributed by atoms with E-state index in [0.717, 1.165) is 23.1 Å². The highest BCUT2D eigenvalue weighted by Crippen LogP contribution is 2.58. The first-order valence-electron chi connectivity index (χ1n) is 11.9. The number of carbonyl (C=O) groups excluding carboxylic acids is 1. The molecule has 1 amide bonds. The first-order valence-corrected chi connectivity index (χ1v) is 11.9. The van der Waals surface area contributed by atoms with E-state index in [0.29, 0.717) is 30.8 Å². The largest absolute Gasteiger partial charge is 0.632 e. The summed E-state index contributed by atoms with van der Waals surface area (Å²) >= 11 is 0. The second kappa shape index (κ2) is 7.60. The Labute approximate surface area is 198 Å². The molecule has 180 valence electrons. The van der Waals surface area contributed by atoms with Gasteiger partial charge in [-0.1, -0.05) is 12.1 Å². The van der Waals surface area contributed by atoms with Gasteiger partial charge < -0.3 is 34.1 Å². The van der Waals surface area contributed by atoms with Gasteiger partial charge in [0.25, 0.3) is 5.91 Å². The number of rotatable bonds is 4. The van der Waals surface area contributed by atoms with Gasteiger partial charge in [-0.2, -0.15) is 0 Å². The lowest BCUT2D eigenvalue weighted by Crippen LogP contribution is -2.66. The SMILES string of the molecule is CO[C@@H]1CC[C@@]23c4cc5c(cc4C[N+]([O-])(CCc4ccc(O)cc4)[C@@H]2C(=O)N(C)[C@H]3C1)OCO5. The number of amides is 1. The van der Waals surface area contributed by atoms with Crippen LogP contribution in [0.15, 0.2) is 36.4 Å². The summed E-state index contributed by atoms with van der Waals surface area (Å²) in [6.45, 7) is 0.669. The molecule has 0 bridgehead atoms. The third-order valence-electron chi connectivity index (χ3n) is 8.55. The number of hydroxylamine groups is 3. The van der Waals surface area contributed by atoms with Crippen LogP contribution in [0.2, 0.25) is 0 Å². The number of methoxy groups -OCH3 is 1. The molecule has 3 aliphatic heterocycles. The molecule has 2 aromatic rings. The summed E-state index contributed by atoms with van der Waals surface area (Å²) < 4.78 is 16.5. The second-order valence-corrected chi connectivity index (χ2v) is 10.2. The Morgan fingerprint density at radius 3 is 2.71 bits per heavy atom. The number of aromatic hydroxyl groups is 1. The third-order valence-corrected chi connectivity index (χ3v) is 8.55. The van der Waals surface area contributed by atoms with E-state index in [2.05, 4.69) is 0 Å². The van der Waals surface area contributed by atoms with Crippen molar-refractivity contribution in [3.8, 4) is 17.2 Å². The lowest BCUT2D eigenvalue weighted by Gasteiger charge is -2.58. The minimum atomic E-state index is -0.703. The molecular formula is C26H30N2O6. The molecule has 1 aliphatic carbocycles. The number of fused-ring (bicyclic) bond motifs is 2. The number of likely N-dealkylation sites (tertiary alicyclic amines) is 1. The Bertz CT molecular complexity index is 1140. The molecule has 3 heterocycles. The molecule has 1 saturated heterocycles. The Balaban J connectivity index is 1.47. The van der Waals surface area contributed by atoms with Gasteiger partial charge in [0, 0.05) is 26.1 Å². The van der Waals surface area contributed by atoms with Crippen LogP contribution in [0.5, 0.6) is 17.2 Å². The number of hydrogen-bond acceptors (Lipinski definition) is 6. The molecular weight excluding hydrogens is 436 g/mol. The zero-order chi connectivity index (χ0) is 23.7. The monoisotopic (exact) mass is 466 g/mol. The van der Waals surface area contributed by atoms with Gasteiger partial charge in [0.05, 0.1) is 24.1 Å². The first-order chi connectivity index (χ1) is 16.4. The lowest BCUT2D eigenvalue weighted by atomic mass is 9.60. The molecule has 0 radical (unpaired) electrons. The fourth-order valence-electron chi connectivity index (χ4n) is 6.95. The van der Waals surface area contributed by atoms with Crippen LogP contribution in [-0.2, 0) is 27.9 Å². The highest BCUT2D eigenvalue weighted by atomic mass is 16.7. The summed E-state index contributed by atoms with van der Waals surface area (Å²) in [7, 11) is 3.55. The Morgan fingerprint density at radius 2 is 1.97 bits per heavy atom. The van der Waals surface area contributed by atoms with E-state index in [9.17, 15) is 15.1 Å². The molecule has 6 rings (SSSR count). The number of likely N-dealkylation sites (N-methyl/N-ethyl adjacent to an activating group) is 1. The Morgan fingerprint density at radius 1 is 1.24 bits per heavy atom. The molecule has 1 saturated carbocycles. The predicted molar refractivity (Wildman–Crippen MR) is 123 cm³/mol. The highest BCUT2D eigenvalue weighted by molar-refractivity contribution is 5.87. The van der Waals surface area contributed by atoms with Crippen LogP contribution in [0, 0.1) is 5.21 Å². The Kier molecular flexibility index (Phi) is 4.85. The van der Waals surface area contributed by atoms with Gasteiger partial charge in [0.15, 0.2) is 17.5 Å². The van der Waals surface area contributed by atoms with Crippen LogP contribution in [0.3, 0.4) is 0 Å². The smallest absolute Gasteiger partial charge is 0.282 e. The topological polar surface area (TPSA) is 91.3 Å².